The molecule has 0 bridgehead atoms. The molecular weight excluding hydrogens is 223 g/mol. The van der Waals surface area contributed by atoms with Crippen molar-refractivity contribution in [2.45, 2.75) is 25.4 Å². The zero-order valence-corrected chi connectivity index (χ0v) is 9.43. The lowest BCUT2D eigenvalue weighted by molar-refractivity contribution is -0.147. The number of carbonyl (C=O) groups excluding carboxylic acids is 1. The topological polar surface area (TPSA) is 60.4 Å². The summed E-state index contributed by atoms with van der Waals surface area (Å²) in [4.78, 5) is 10.8. The van der Waals surface area contributed by atoms with Crippen LogP contribution in [0.15, 0.2) is 0 Å². The van der Waals surface area contributed by atoms with Gasteiger partial charge in [0.25, 0.3) is 0 Å². The zero-order valence-electron chi connectivity index (χ0n) is 8.61. The van der Waals surface area contributed by atoms with Gasteiger partial charge in [-0.25, -0.2) is 17.6 Å². The number of alkyl halides is 1. The summed E-state index contributed by atoms with van der Waals surface area (Å²) >= 11 is 0. The van der Waals surface area contributed by atoms with E-state index in [9.17, 15) is 17.6 Å². The summed E-state index contributed by atoms with van der Waals surface area (Å²) in [7, 11) is -1.78. The molecule has 0 saturated carbocycles. The summed E-state index contributed by atoms with van der Waals surface area (Å²) in [6, 6.07) is 0. The van der Waals surface area contributed by atoms with Gasteiger partial charge in [-0.05, 0) is 25.2 Å². The lowest BCUT2D eigenvalue weighted by Gasteiger charge is -2.22. The third-order valence-corrected chi connectivity index (χ3v) is 4.39. The monoisotopic (exact) mass is 238 g/mol. The molecule has 0 aromatic rings. The Balaban J connectivity index is 2.39. The maximum Gasteiger partial charge on any atom is 0.340 e. The minimum atomic E-state index is -2.92. The maximum atomic E-state index is 13.1. The van der Waals surface area contributed by atoms with E-state index >= 15 is 0 Å². The van der Waals surface area contributed by atoms with E-state index in [1.54, 1.807) is 0 Å². The molecule has 6 heteroatoms. The number of hydrogen-bond acceptors (Lipinski definition) is 4. The van der Waals surface area contributed by atoms with Crippen molar-refractivity contribution in [2.75, 3.05) is 18.6 Å². The van der Waals surface area contributed by atoms with Crippen LogP contribution in [0.1, 0.15) is 19.3 Å². The minimum absolute atomic E-state index is 0.0253. The molecule has 1 heterocycles. The van der Waals surface area contributed by atoms with Gasteiger partial charge in [0, 0.05) is 0 Å². The Hall–Kier alpha value is -0.650. The van der Waals surface area contributed by atoms with Gasteiger partial charge in [0.15, 0.2) is 6.17 Å². The summed E-state index contributed by atoms with van der Waals surface area (Å²) in [6.45, 7) is 0. The van der Waals surface area contributed by atoms with Gasteiger partial charge in [0.2, 0.25) is 0 Å². The van der Waals surface area contributed by atoms with Gasteiger partial charge in [-0.2, -0.15) is 0 Å². The molecule has 1 saturated heterocycles. The second-order valence-corrected chi connectivity index (χ2v) is 6.13. The molecule has 1 fully saturated rings. The third kappa shape index (κ3) is 3.77. The van der Waals surface area contributed by atoms with Gasteiger partial charge in [-0.15, -0.1) is 0 Å². The summed E-state index contributed by atoms with van der Waals surface area (Å²) in [5.74, 6) is -0.692. The van der Waals surface area contributed by atoms with Crippen LogP contribution in [-0.2, 0) is 19.4 Å². The van der Waals surface area contributed by atoms with Crippen molar-refractivity contribution in [2.24, 2.45) is 5.92 Å². The van der Waals surface area contributed by atoms with Gasteiger partial charge < -0.3 is 4.74 Å². The van der Waals surface area contributed by atoms with E-state index in [0.29, 0.717) is 12.8 Å². The average molecular weight is 238 g/mol. The molecule has 0 aliphatic carbocycles. The molecule has 0 spiro atoms. The number of ether oxygens (including phenoxy) is 1. The van der Waals surface area contributed by atoms with E-state index in [2.05, 4.69) is 4.74 Å². The van der Waals surface area contributed by atoms with E-state index in [4.69, 9.17) is 0 Å². The number of sulfone groups is 1. The smallest absolute Gasteiger partial charge is 0.340 e. The molecule has 1 atom stereocenters. The Labute approximate surface area is 88.7 Å². The van der Waals surface area contributed by atoms with Crippen molar-refractivity contribution >= 4 is 15.8 Å². The fourth-order valence-corrected chi connectivity index (χ4v) is 3.28. The standard InChI is InChI=1S/C9H15FO4S/c1-14-9(11)8(10)6-7-2-4-15(12,13)5-3-7/h7-8H,2-6H2,1H3. The molecule has 0 aromatic heterocycles. The SMILES string of the molecule is COC(=O)C(F)CC1CCS(=O)(=O)CC1. The number of carbonyl (C=O) groups is 1. The number of rotatable bonds is 3. The molecular formula is C9H15FO4S. The van der Waals surface area contributed by atoms with Crippen molar-refractivity contribution in [3.63, 3.8) is 0 Å². The lowest BCUT2D eigenvalue weighted by Crippen LogP contribution is -2.28. The summed E-state index contributed by atoms with van der Waals surface area (Å²) in [6.07, 6.45) is -0.664. The van der Waals surface area contributed by atoms with E-state index in [1.165, 1.54) is 0 Å². The van der Waals surface area contributed by atoms with Crippen molar-refractivity contribution in [1.29, 1.82) is 0 Å². The summed E-state index contributed by atoms with van der Waals surface area (Å²) in [5.41, 5.74) is 0. The van der Waals surface area contributed by atoms with Crippen LogP contribution in [0.25, 0.3) is 0 Å². The number of halogens is 1. The largest absolute Gasteiger partial charge is 0.467 e. The normalized spacial score (nSPS) is 23.3. The zero-order chi connectivity index (χ0) is 11.5. The van der Waals surface area contributed by atoms with Gasteiger partial charge in [0.1, 0.15) is 9.84 Å². The first-order chi connectivity index (χ1) is 6.94. The molecule has 1 unspecified atom stereocenters. The van der Waals surface area contributed by atoms with Crippen LogP contribution in [-0.4, -0.2) is 39.2 Å². The Kier molecular flexibility index (Phi) is 4.07. The molecule has 1 rings (SSSR count). The third-order valence-electron chi connectivity index (χ3n) is 2.67. The van der Waals surface area contributed by atoms with Gasteiger partial charge in [0.05, 0.1) is 18.6 Å². The maximum absolute atomic E-state index is 13.1. The van der Waals surface area contributed by atoms with Crippen molar-refractivity contribution in [1.82, 2.24) is 0 Å². The van der Waals surface area contributed by atoms with Crippen molar-refractivity contribution in [3.8, 4) is 0 Å². The van der Waals surface area contributed by atoms with Crippen LogP contribution in [0.4, 0.5) is 4.39 Å². The Morgan fingerprint density at radius 1 is 1.47 bits per heavy atom. The Morgan fingerprint density at radius 2 is 2.00 bits per heavy atom. The Morgan fingerprint density at radius 3 is 2.47 bits per heavy atom. The van der Waals surface area contributed by atoms with Crippen LogP contribution in [0, 0.1) is 5.92 Å². The highest BCUT2D eigenvalue weighted by molar-refractivity contribution is 7.91. The molecule has 0 N–H and O–H groups in total. The van der Waals surface area contributed by atoms with Crippen LogP contribution in [0.5, 0.6) is 0 Å². The molecule has 4 nitrogen and oxygen atoms in total. The minimum Gasteiger partial charge on any atom is -0.467 e. The first kappa shape index (κ1) is 12.4. The van der Waals surface area contributed by atoms with Crippen LogP contribution in [0.2, 0.25) is 0 Å². The molecule has 88 valence electrons. The second-order valence-electron chi connectivity index (χ2n) is 3.82. The molecule has 1 aliphatic heterocycles. The molecule has 1 aliphatic rings. The van der Waals surface area contributed by atoms with Crippen LogP contribution >= 0.6 is 0 Å². The fourth-order valence-electron chi connectivity index (χ4n) is 1.69. The average Bonchev–Trinajstić information content (AvgIpc) is 2.20. The quantitative estimate of drug-likeness (QED) is 0.679. The Bertz CT molecular complexity index is 311. The number of methoxy groups -OCH3 is 1. The molecule has 0 radical (unpaired) electrons. The lowest BCUT2D eigenvalue weighted by atomic mass is 9.96. The fraction of sp³-hybridized carbons (Fsp3) is 0.889. The van der Waals surface area contributed by atoms with E-state index < -0.39 is 22.0 Å². The van der Waals surface area contributed by atoms with E-state index in [-0.39, 0.29) is 23.8 Å². The van der Waals surface area contributed by atoms with Gasteiger partial charge in [-0.3, -0.25) is 0 Å². The predicted molar refractivity (Wildman–Crippen MR) is 52.9 cm³/mol. The van der Waals surface area contributed by atoms with Gasteiger partial charge in [-0.1, -0.05) is 0 Å². The first-order valence-electron chi connectivity index (χ1n) is 4.87. The predicted octanol–water partition coefficient (Wildman–Crippen LogP) is 0.712. The molecule has 0 aromatic carbocycles. The van der Waals surface area contributed by atoms with Crippen molar-refractivity contribution < 1.29 is 22.3 Å². The van der Waals surface area contributed by atoms with Crippen LogP contribution in [0.3, 0.4) is 0 Å². The van der Waals surface area contributed by atoms with E-state index in [0.717, 1.165) is 7.11 Å². The molecule has 0 amide bonds. The number of esters is 1. The summed E-state index contributed by atoms with van der Waals surface area (Å²) in [5, 5.41) is 0. The van der Waals surface area contributed by atoms with Crippen LogP contribution < -0.4 is 0 Å². The van der Waals surface area contributed by atoms with Gasteiger partial charge >= 0.3 is 5.97 Å². The first-order valence-corrected chi connectivity index (χ1v) is 6.69. The highest BCUT2D eigenvalue weighted by atomic mass is 32.2. The number of hydrogen-bond donors (Lipinski definition) is 0. The highest BCUT2D eigenvalue weighted by Gasteiger charge is 2.28. The molecule has 15 heavy (non-hydrogen) atoms. The highest BCUT2D eigenvalue weighted by Crippen LogP contribution is 2.24. The van der Waals surface area contributed by atoms with Crippen molar-refractivity contribution in [3.05, 3.63) is 0 Å². The van der Waals surface area contributed by atoms with E-state index in [1.807, 2.05) is 0 Å². The summed E-state index contributed by atoms with van der Waals surface area (Å²) < 4.78 is 39.6. The second kappa shape index (κ2) is 4.92.